The zero-order chi connectivity index (χ0) is 21.8. The van der Waals surface area contributed by atoms with Crippen LogP contribution in [0.5, 0.6) is 5.75 Å². The van der Waals surface area contributed by atoms with E-state index in [1.165, 1.54) is 12.3 Å². The average molecular weight is 447 g/mol. The van der Waals surface area contributed by atoms with E-state index >= 15 is 0 Å². The van der Waals surface area contributed by atoms with Gasteiger partial charge in [-0.1, -0.05) is 11.6 Å². The highest BCUT2D eigenvalue weighted by molar-refractivity contribution is 6.30. The highest BCUT2D eigenvalue weighted by atomic mass is 35.5. The van der Waals surface area contributed by atoms with Gasteiger partial charge in [-0.25, -0.2) is 4.39 Å². The molecule has 0 unspecified atom stereocenters. The topological polar surface area (TPSA) is 99.4 Å². The number of aromatic nitrogens is 3. The minimum atomic E-state index is -0.482. The van der Waals surface area contributed by atoms with Crippen LogP contribution in [0.15, 0.2) is 40.9 Å². The Morgan fingerprint density at radius 1 is 1.29 bits per heavy atom. The summed E-state index contributed by atoms with van der Waals surface area (Å²) in [5, 5.41) is 11.6. The van der Waals surface area contributed by atoms with E-state index in [1.54, 1.807) is 31.2 Å². The predicted octanol–water partition coefficient (Wildman–Crippen LogP) is 3.65. The summed E-state index contributed by atoms with van der Waals surface area (Å²) >= 11 is 5.90. The summed E-state index contributed by atoms with van der Waals surface area (Å²) in [4.78, 5) is 16.0. The van der Waals surface area contributed by atoms with Crippen LogP contribution < -0.4 is 10.1 Å². The van der Waals surface area contributed by atoms with Gasteiger partial charge >= 0.3 is 0 Å². The van der Waals surface area contributed by atoms with E-state index in [1.807, 2.05) is 0 Å². The van der Waals surface area contributed by atoms with Crippen molar-refractivity contribution in [3.05, 3.63) is 59.0 Å². The lowest BCUT2D eigenvalue weighted by Crippen LogP contribution is -2.43. The van der Waals surface area contributed by atoms with Crippen molar-refractivity contribution in [2.45, 2.75) is 31.9 Å². The second-order valence-corrected chi connectivity index (χ2v) is 7.58. The number of amides is 1. The van der Waals surface area contributed by atoms with Crippen molar-refractivity contribution in [1.82, 2.24) is 20.5 Å². The first-order chi connectivity index (χ1) is 15.0. The summed E-state index contributed by atoms with van der Waals surface area (Å²) in [6.07, 6.45) is 2.33. The van der Waals surface area contributed by atoms with E-state index in [-0.39, 0.29) is 36.1 Å². The lowest BCUT2D eigenvalue weighted by Gasteiger charge is -2.27. The Morgan fingerprint density at radius 2 is 2.10 bits per heavy atom. The molecule has 1 aromatic carbocycles. The van der Waals surface area contributed by atoms with Gasteiger partial charge in [0.2, 0.25) is 11.8 Å². The molecule has 31 heavy (non-hydrogen) atoms. The zero-order valence-corrected chi connectivity index (χ0v) is 17.4. The van der Waals surface area contributed by atoms with Crippen LogP contribution in [-0.4, -0.2) is 40.3 Å². The summed E-state index contributed by atoms with van der Waals surface area (Å²) < 4.78 is 30.3. The molecule has 3 heterocycles. The molecule has 0 aliphatic carbocycles. The molecule has 10 heteroatoms. The van der Waals surface area contributed by atoms with Crippen LogP contribution in [0.2, 0.25) is 5.02 Å². The fourth-order valence-corrected chi connectivity index (χ4v) is 3.25. The normalized spacial score (nSPS) is 18.5. The van der Waals surface area contributed by atoms with Crippen LogP contribution in [0.3, 0.4) is 0 Å². The molecule has 0 saturated carbocycles. The van der Waals surface area contributed by atoms with Crippen molar-refractivity contribution < 1.29 is 23.1 Å². The van der Waals surface area contributed by atoms with Crippen molar-refractivity contribution in [3.63, 3.8) is 0 Å². The first-order valence-corrected chi connectivity index (χ1v) is 10.1. The lowest BCUT2D eigenvalue weighted by atomic mass is 10.0. The van der Waals surface area contributed by atoms with Gasteiger partial charge in [-0.15, -0.1) is 10.2 Å². The number of benzene rings is 1. The van der Waals surface area contributed by atoms with E-state index < -0.39 is 5.82 Å². The van der Waals surface area contributed by atoms with Crippen molar-refractivity contribution in [1.29, 1.82) is 0 Å². The number of hydrogen-bond donors (Lipinski definition) is 1. The van der Waals surface area contributed by atoms with Gasteiger partial charge in [-0.05, 0) is 44.0 Å². The quantitative estimate of drug-likeness (QED) is 0.617. The maximum atomic E-state index is 13.5. The van der Waals surface area contributed by atoms with Crippen LogP contribution in [0, 0.1) is 12.7 Å². The number of rotatable bonds is 6. The lowest BCUT2D eigenvalue weighted by molar-refractivity contribution is -0.125. The van der Waals surface area contributed by atoms with Crippen molar-refractivity contribution in [2.24, 2.45) is 0 Å². The molecule has 0 radical (unpaired) electrons. The largest absolute Gasteiger partial charge is 0.482 e. The molecular weight excluding hydrogens is 427 g/mol. The molecule has 4 rings (SSSR count). The van der Waals surface area contributed by atoms with E-state index in [0.717, 1.165) is 5.56 Å². The molecule has 2 atom stereocenters. The Morgan fingerprint density at radius 3 is 2.81 bits per heavy atom. The van der Waals surface area contributed by atoms with Gasteiger partial charge in [-0.2, -0.15) is 0 Å². The summed E-state index contributed by atoms with van der Waals surface area (Å²) in [6.45, 7) is 1.61. The van der Waals surface area contributed by atoms with Gasteiger partial charge < -0.3 is 19.2 Å². The summed E-state index contributed by atoms with van der Waals surface area (Å²) in [6, 6.07) is 8.14. The van der Waals surface area contributed by atoms with Crippen molar-refractivity contribution in [2.75, 3.05) is 13.2 Å². The van der Waals surface area contributed by atoms with Crippen molar-refractivity contribution in [3.8, 4) is 17.2 Å². The molecule has 1 N–H and O–H groups in total. The Balaban J connectivity index is 1.24. The monoisotopic (exact) mass is 446 g/mol. The van der Waals surface area contributed by atoms with Crippen LogP contribution in [0.4, 0.5) is 4.39 Å². The smallest absolute Gasteiger partial charge is 0.258 e. The van der Waals surface area contributed by atoms with Gasteiger partial charge in [0.25, 0.3) is 5.91 Å². The van der Waals surface area contributed by atoms with Gasteiger partial charge in [0.15, 0.2) is 6.61 Å². The fraction of sp³-hybridized carbons (Fsp3) is 0.333. The molecule has 8 nitrogen and oxygen atoms in total. The Labute approximate surface area is 182 Å². The number of carbonyl (C=O) groups is 1. The van der Waals surface area contributed by atoms with E-state index in [0.29, 0.717) is 36.3 Å². The molecule has 0 bridgehead atoms. The van der Waals surface area contributed by atoms with Crippen LogP contribution in [-0.2, 0) is 9.53 Å². The van der Waals surface area contributed by atoms with Gasteiger partial charge in [-0.3, -0.25) is 9.78 Å². The third-order valence-corrected chi connectivity index (χ3v) is 5.07. The molecule has 1 amide bonds. The standard InChI is InChI=1S/C21H20ClFN4O4/c1-12-17(23)8-16(9-24-12)29-11-19(28)25-15-6-7-18(30-10-15)21-27-26-20(31-21)13-2-4-14(22)5-3-13/h2-5,8-9,15,18H,6-7,10-11H2,1H3,(H,25,28)/t15-,18-/m0/s1. The molecule has 162 valence electrons. The maximum absolute atomic E-state index is 13.5. The molecule has 2 aromatic heterocycles. The van der Waals surface area contributed by atoms with Crippen LogP contribution >= 0.6 is 11.6 Å². The Kier molecular flexibility index (Phi) is 6.43. The number of halogens is 2. The molecule has 1 saturated heterocycles. The number of carbonyl (C=O) groups excluding carboxylic acids is 1. The number of nitrogens with one attached hydrogen (secondary N) is 1. The molecule has 1 aliphatic heterocycles. The summed E-state index contributed by atoms with van der Waals surface area (Å²) in [7, 11) is 0. The molecular formula is C21H20ClFN4O4. The Bertz CT molecular complexity index is 1050. The molecule has 3 aromatic rings. The minimum Gasteiger partial charge on any atom is -0.482 e. The highest BCUT2D eigenvalue weighted by Crippen LogP contribution is 2.29. The second kappa shape index (κ2) is 9.40. The summed E-state index contributed by atoms with van der Waals surface area (Å²) in [5.41, 5.74) is 1.04. The van der Waals surface area contributed by atoms with Crippen LogP contribution in [0.1, 0.15) is 30.5 Å². The first-order valence-electron chi connectivity index (χ1n) is 9.73. The maximum Gasteiger partial charge on any atom is 0.258 e. The number of pyridine rings is 1. The summed E-state index contributed by atoms with van der Waals surface area (Å²) in [5.74, 6) is 0.184. The number of ether oxygens (including phenoxy) is 2. The van der Waals surface area contributed by atoms with E-state index in [2.05, 4.69) is 20.5 Å². The van der Waals surface area contributed by atoms with E-state index in [9.17, 15) is 9.18 Å². The van der Waals surface area contributed by atoms with Crippen molar-refractivity contribution >= 4 is 17.5 Å². The third-order valence-electron chi connectivity index (χ3n) is 4.82. The molecule has 1 aliphatic rings. The SMILES string of the molecule is Cc1ncc(OCC(=O)N[C@H]2CC[C@@H](c3nnc(-c4ccc(Cl)cc4)o3)OC2)cc1F. The van der Waals surface area contributed by atoms with Gasteiger partial charge in [0, 0.05) is 16.7 Å². The second-order valence-electron chi connectivity index (χ2n) is 7.14. The molecule has 1 fully saturated rings. The number of nitrogens with zero attached hydrogens (tertiary/aromatic N) is 3. The fourth-order valence-electron chi connectivity index (χ4n) is 3.12. The number of hydrogen-bond acceptors (Lipinski definition) is 7. The average Bonchev–Trinajstić information content (AvgIpc) is 3.26. The Hall–Kier alpha value is -3.04. The minimum absolute atomic E-state index is 0.168. The number of aryl methyl sites for hydroxylation is 1. The third kappa shape index (κ3) is 5.36. The van der Waals surface area contributed by atoms with E-state index in [4.69, 9.17) is 25.5 Å². The van der Waals surface area contributed by atoms with Crippen LogP contribution in [0.25, 0.3) is 11.5 Å². The highest BCUT2D eigenvalue weighted by Gasteiger charge is 2.28. The predicted molar refractivity (Wildman–Crippen MR) is 109 cm³/mol. The van der Waals surface area contributed by atoms with Gasteiger partial charge in [0.1, 0.15) is 17.7 Å². The first kappa shape index (κ1) is 21.2. The van der Waals surface area contributed by atoms with Gasteiger partial charge in [0.05, 0.1) is 24.5 Å². The zero-order valence-electron chi connectivity index (χ0n) is 16.7. The molecule has 0 spiro atoms.